The number of para-hydroxylation sites is 1. The minimum atomic E-state index is -0.484. The van der Waals surface area contributed by atoms with Gasteiger partial charge in [0.05, 0.1) is 4.90 Å². The summed E-state index contributed by atoms with van der Waals surface area (Å²) in [6.45, 7) is 0. The lowest BCUT2D eigenvalue weighted by Gasteiger charge is -2.08. The maximum atomic E-state index is 5.69. The maximum absolute atomic E-state index is 5.69. The number of halogens is 2. The second kappa shape index (κ2) is 3.36. The summed E-state index contributed by atoms with van der Waals surface area (Å²) >= 11 is 12.9. The fourth-order valence-corrected chi connectivity index (χ4v) is 2.33. The van der Waals surface area contributed by atoms with Crippen molar-refractivity contribution >= 4 is 35.0 Å². The van der Waals surface area contributed by atoms with E-state index < -0.39 is 4.84 Å². The van der Waals surface area contributed by atoms with Crippen LogP contribution in [0.1, 0.15) is 0 Å². The fraction of sp³-hybridized carbons (Fsp3) is 0.250. The highest BCUT2D eigenvalue weighted by Crippen LogP contribution is 2.43. The molecule has 1 nitrogen and oxygen atoms in total. The van der Waals surface area contributed by atoms with Crippen LogP contribution in [-0.2, 0) is 0 Å². The molecule has 1 heterocycles. The van der Waals surface area contributed by atoms with Crippen LogP contribution in [0, 0.1) is 0 Å². The first-order chi connectivity index (χ1) is 5.77. The number of hydrogen-bond acceptors (Lipinski definition) is 2. The highest BCUT2D eigenvalue weighted by Gasteiger charge is 2.28. The molecular formula is C8H6Cl2OS. The lowest BCUT2D eigenvalue weighted by atomic mass is 10.3. The Kier molecular flexibility index (Phi) is 2.40. The Hall–Kier alpha value is -0.0500. The molecule has 0 spiro atoms. The summed E-state index contributed by atoms with van der Waals surface area (Å²) in [5.41, 5.74) is -0.161. The SMILES string of the molecule is ClC(Cl)C1Oc2ccccc2S1. The highest BCUT2D eigenvalue weighted by atomic mass is 35.5. The first kappa shape index (κ1) is 8.54. The van der Waals surface area contributed by atoms with Crippen LogP contribution < -0.4 is 4.74 Å². The van der Waals surface area contributed by atoms with Crippen molar-refractivity contribution in [1.82, 2.24) is 0 Å². The number of alkyl halides is 2. The van der Waals surface area contributed by atoms with E-state index in [9.17, 15) is 0 Å². The Bertz CT molecular complexity index is 265. The summed E-state index contributed by atoms with van der Waals surface area (Å²) in [5.74, 6) is 0.874. The first-order valence-corrected chi connectivity index (χ1v) is 5.23. The molecule has 0 saturated carbocycles. The molecule has 1 aliphatic rings. The standard InChI is InChI=1S/C8H6Cl2OS/c9-7(10)8-11-5-3-1-2-4-6(5)12-8/h1-4,7-8H. The van der Waals surface area contributed by atoms with Crippen molar-refractivity contribution < 1.29 is 4.74 Å². The summed E-state index contributed by atoms with van der Waals surface area (Å²) in [6.07, 6.45) is 0. The quantitative estimate of drug-likeness (QED) is 0.673. The van der Waals surface area contributed by atoms with E-state index in [4.69, 9.17) is 27.9 Å². The molecule has 12 heavy (non-hydrogen) atoms. The first-order valence-electron chi connectivity index (χ1n) is 3.48. The zero-order valence-electron chi connectivity index (χ0n) is 6.04. The van der Waals surface area contributed by atoms with Crippen LogP contribution in [0.15, 0.2) is 29.2 Å². The van der Waals surface area contributed by atoms with Crippen LogP contribution in [0.5, 0.6) is 5.75 Å². The smallest absolute Gasteiger partial charge is 0.179 e. The van der Waals surface area contributed by atoms with Crippen LogP contribution in [-0.4, -0.2) is 10.3 Å². The van der Waals surface area contributed by atoms with Gasteiger partial charge in [-0.2, -0.15) is 0 Å². The van der Waals surface area contributed by atoms with E-state index in [1.807, 2.05) is 24.3 Å². The number of benzene rings is 1. The average molecular weight is 221 g/mol. The minimum absolute atomic E-state index is 0.161. The van der Waals surface area contributed by atoms with E-state index in [0.717, 1.165) is 10.6 Å². The van der Waals surface area contributed by atoms with Crippen molar-refractivity contribution in [2.45, 2.75) is 15.2 Å². The van der Waals surface area contributed by atoms with Gasteiger partial charge in [0.1, 0.15) is 5.75 Å². The molecule has 1 aromatic carbocycles. The lowest BCUT2D eigenvalue weighted by Crippen LogP contribution is -2.15. The summed E-state index contributed by atoms with van der Waals surface area (Å²) in [5, 5.41) is 0. The van der Waals surface area contributed by atoms with Crippen LogP contribution in [0.3, 0.4) is 0 Å². The third-order valence-corrected chi connectivity index (χ3v) is 3.49. The van der Waals surface area contributed by atoms with E-state index in [1.54, 1.807) is 11.8 Å². The van der Waals surface area contributed by atoms with Crippen LogP contribution in [0.4, 0.5) is 0 Å². The summed E-state index contributed by atoms with van der Waals surface area (Å²) in [7, 11) is 0. The average Bonchev–Trinajstić information content (AvgIpc) is 2.46. The Morgan fingerprint density at radius 2 is 2.08 bits per heavy atom. The van der Waals surface area contributed by atoms with Gasteiger partial charge in [-0.15, -0.1) is 23.2 Å². The van der Waals surface area contributed by atoms with Gasteiger partial charge in [0.25, 0.3) is 0 Å². The molecule has 0 aliphatic carbocycles. The van der Waals surface area contributed by atoms with E-state index in [1.165, 1.54) is 0 Å². The third-order valence-electron chi connectivity index (χ3n) is 1.54. The number of fused-ring (bicyclic) bond motifs is 1. The molecule has 0 aromatic heterocycles. The highest BCUT2D eigenvalue weighted by molar-refractivity contribution is 8.00. The van der Waals surface area contributed by atoms with Gasteiger partial charge in [-0.3, -0.25) is 0 Å². The Balaban J connectivity index is 2.22. The fourth-order valence-electron chi connectivity index (χ4n) is 1.02. The van der Waals surface area contributed by atoms with Crippen molar-refractivity contribution in [2.24, 2.45) is 0 Å². The Labute approximate surface area is 85.0 Å². The predicted octanol–water partition coefficient (Wildman–Crippen LogP) is 3.30. The Morgan fingerprint density at radius 3 is 2.75 bits per heavy atom. The second-order valence-electron chi connectivity index (χ2n) is 2.39. The van der Waals surface area contributed by atoms with Crippen molar-refractivity contribution in [3.63, 3.8) is 0 Å². The summed E-state index contributed by atoms with van der Waals surface area (Å²) in [6, 6.07) is 7.81. The van der Waals surface area contributed by atoms with Gasteiger partial charge in [0.2, 0.25) is 0 Å². The van der Waals surface area contributed by atoms with Gasteiger partial charge in [-0.25, -0.2) is 0 Å². The third kappa shape index (κ3) is 1.51. The molecule has 64 valence electrons. The summed E-state index contributed by atoms with van der Waals surface area (Å²) in [4.78, 5) is 0.621. The second-order valence-corrected chi connectivity index (χ2v) is 4.69. The maximum Gasteiger partial charge on any atom is 0.179 e. The summed E-state index contributed by atoms with van der Waals surface area (Å²) < 4.78 is 5.47. The molecule has 2 rings (SSSR count). The zero-order valence-corrected chi connectivity index (χ0v) is 8.36. The van der Waals surface area contributed by atoms with Crippen molar-refractivity contribution in [3.05, 3.63) is 24.3 Å². The van der Waals surface area contributed by atoms with Gasteiger partial charge < -0.3 is 4.74 Å². The van der Waals surface area contributed by atoms with E-state index in [2.05, 4.69) is 0 Å². The zero-order chi connectivity index (χ0) is 8.55. The van der Waals surface area contributed by atoms with Crippen molar-refractivity contribution in [2.75, 3.05) is 0 Å². The van der Waals surface area contributed by atoms with E-state index in [0.29, 0.717) is 0 Å². The van der Waals surface area contributed by atoms with Gasteiger partial charge in [-0.1, -0.05) is 23.9 Å². The number of thioether (sulfide) groups is 1. The van der Waals surface area contributed by atoms with Crippen molar-refractivity contribution in [1.29, 1.82) is 0 Å². The lowest BCUT2D eigenvalue weighted by molar-refractivity contribution is 0.308. The van der Waals surface area contributed by atoms with Crippen molar-refractivity contribution in [3.8, 4) is 5.75 Å². The van der Waals surface area contributed by atoms with E-state index >= 15 is 0 Å². The molecule has 0 N–H and O–H groups in total. The molecular weight excluding hydrogens is 215 g/mol. The molecule has 0 radical (unpaired) electrons. The van der Waals surface area contributed by atoms with Gasteiger partial charge >= 0.3 is 0 Å². The van der Waals surface area contributed by atoms with E-state index in [-0.39, 0.29) is 5.44 Å². The monoisotopic (exact) mass is 220 g/mol. The van der Waals surface area contributed by atoms with Crippen LogP contribution in [0.25, 0.3) is 0 Å². The normalized spacial score (nSPS) is 20.8. The van der Waals surface area contributed by atoms with Crippen LogP contribution in [0.2, 0.25) is 0 Å². The van der Waals surface area contributed by atoms with Gasteiger partial charge in [0.15, 0.2) is 10.3 Å². The predicted molar refractivity (Wildman–Crippen MR) is 52.2 cm³/mol. The number of ether oxygens (including phenoxy) is 1. The Morgan fingerprint density at radius 1 is 1.33 bits per heavy atom. The van der Waals surface area contributed by atoms with Crippen LogP contribution >= 0.6 is 35.0 Å². The topological polar surface area (TPSA) is 9.23 Å². The molecule has 0 saturated heterocycles. The minimum Gasteiger partial charge on any atom is -0.475 e. The molecule has 0 bridgehead atoms. The molecule has 1 aromatic rings. The molecule has 1 aliphatic heterocycles. The molecule has 0 fully saturated rings. The molecule has 4 heteroatoms. The largest absolute Gasteiger partial charge is 0.475 e. The number of rotatable bonds is 1. The number of hydrogen-bond donors (Lipinski definition) is 0. The van der Waals surface area contributed by atoms with Gasteiger partial charge in [-0.05, 0) is 12.1 Å². The molecule has 0 amide bonds. The molecule has 1 atom stereocenters. The molecule has 1 unspecified atom stereocenters. The van der Waals surface area contributed by atoms with Gasteiger partial charge in [0, 0.05) is 0 Å².